The molecule has 1 aliphatic carbocycles. The zero-order valence-electron chi connectivity index (χ0n) is 9.26. The summed E-state index contributed by atoms with van der Waals surface area (Å²) in [6.07, 6.45) is 5.78. The van der Waals surface area contributed by atoms with Crippen LogP contribution in [0, 0.1) is 11.3 Å². The van der Waals surface area contributed by atoms with Gasteiger partial charge >= 0.3 is 0 Å². The first-order valence-corrected chi connectivity index (χ1v) is 6.25. The van der Waals surface area contributed by atoms with Crippen LogP contribution in [0.4, 0.5) is 0 Å². The first-order chi connectivity index (χ1) is 6.80. The summed E-state index contributed by atoms with van der Waals surface area (Å²) in [5.74, 6) is 0.975. The second-order valence-electron chi connectivity index (χ2n) is 5.73. The van der Waals surface area contributed by atoms with E-state index in [1.54, 1.807) is 0 Å². The average molecular weight is 194 g/mol. The molecule has 1 saturated carbocycles. The Morgan fingerprint density at radius 1 is 1.29 bits per heavy atom. The van der Waals surface area contributed by atoms with Crippen molar-refractivity contribution in [1.29, 1.82) is 0 Å². The van der Waals surface area contributed by atoms with E-state index in [9.17, 15) is 0 Å². The normalized spacial score (nSPS) is 44.8. The Morgan fingerprint density at radius 3 is 2.71 bits per heavy atom. The largest absolute Gasteiger partial charge is 0.316 e. The zero-order valence-corrected chi connectivity index (χ0v) is 9.26. The molecule has 2 aliphatic heterocycles. The predicted molar refractivity (Wildman–Crippen MR) is 58.3 cm³/mol. The smallest absolute Gasteiger partial charge is 0.0171 e. The first-order valence-electron chi connectivity index (χ1n) is 6.25. The van der Waals surface area contributed by atoms with Gasteiger partial charge in [-0.05, 0) is 51.2 Å². The molecule has 2 atom stereocenters. The highest BCUT2D eigenvalue weighted by atomic mass is 15.2. The molecule has 2 heteroatoms. The maximum absolute atomic E-state index is 3.53. The van der Waals surface area contributed by atoms with Crippen LogP contribution >= 0.6 is 0 Å². The third-order valence-corrected chi connectivity index (χ3v) is 4.68. The van der Waals surface area contributed by atoms with Gasteiger partial charge in [0.1, 0.15) is 0 Å². The van der Waals surface area contributed by atoms with Crippen LogP contribution in [0.15, 0.2) is 0 Å². The Morgan fingerprint density at radius 2 is 2.07 bits per heavy atom. The van der Waals surface area contributed by atoms with Crippen molar-refractivity contribution in [3.8, 4) is 0 Å². The lowest BCUT2D eigenvalue weighted by Crippen LogP contribution is -2.37. The molecular formula is C12H22N2. The van der Waals surface area contributed by atoms with Gasteiger partial charge in [-0.25, -0.2) is 0 Å². The molecule has 3 aliphatic rings. The second-order valence-corrected chi connectivity index (χ2v) is 5.73. The van der Waals surface area contributed by atoms with Crippen LogP contribution in [-0.2, 0) is 0 Å². The maximum atomic E-state index is 3.53. The van der Waals surface area contributed by atoms with Crippen molar-refractivity contribution >= 4 is 0 Å². The fraction of sp³-hybridized carbons (Fsp3) is 1.00. The Balaban J connectivity index is 1.58. The summed E-state index contributed by atoms with van der Waals surface area (Å²) in [7, 11) is 0. The number of hydrogen-bond acceptors (Lipinski definition) is 2. The average Bonchev–Trinajstić information content (AvgIpc) is 2.68. The van der Waals surface area contributed by atoms with Crippen LogP contribution in [0.1, 0.15) is 32.6 Å². The lowest BCUT2D eigenvalue weighted by molar-refractivity contribution is 0.164. The summed E-state index contributed by atoms with van der Waals surface area (Å²) in [5, 5.41) is 3.53. The van der Waals surface area contributed by atoms with Gasteiger partial charge in [-0.3, -0.25) is 4.90 Å². The SMILES string of the molecule is CC1CCN([C@@H]2C[C@]23CCNC3)CC1. The standard InChI is InChI=1S/C12H22N2/c1-10-2-6-14(7-3-10)11-8-12(11)4-5-13-9-12/h10-11,13H,2-9H2,1H3/t11-,12+/m1/s1. The molecule has 0 radical (unpaired) electrons. The van der Waals surface area contributed by atoms with Gasteiger partial charge in [0.2, 0.25) is 0 Å². The Bertz CT molecular complexity index is 212. The van der Waals surface area contributed by atoms with Gasteiger partial charge in [-0.2, -0.15) is 0 Å². The van der Waals surface area contributed by atoms with Crippen LogP contribution < -0.4 is 5.32 Å². The molecule has 0 aromatic carbocycles. The summed E-state index contributed by atoms with van der Waals surface area (Å²) in [6.45, 7) is 7.70. The van der Waals surface area contributed by atoms with Crippen LogP contribution in [0.2, 0.25) is 0 Å². The minimum absolute atomic E-state index is 0.723. The fourth-order valence-electron chi connectivity index (χ4n) is 3.40. The highest BCUT2D eigenvalue weighted by molar-refractivity contribution is 5.12. The minimum atomic E-state index is 0.723. The van der Waals surface area contributed by atoms with Gasteiger partial charge in [0, 0.05) is 18.0 Å². The summed E-state index contributed by atoms with van der Waals surface area (Å²) in [6, 6.07) is 0.949. The van der Waals surface area contributed by atoms with Crippen molar-refractivity contribution in [3.63, 3.8) is 0 Å². The molecule has 2 nitrogen and oxygen atoms in total. The summed E-state index contributed by atoms with van der Waals surface area (Å²) >= 11 is 0. The number of likely N-dealkylation sites (tertiary alicyclic amines) is 1. The van der Waals surface area contributed by atoms with E-state index < -0.39 is 0 Å². The number of nitrogens with zero attached hydrogens (tertiary/aromatic N) is 1. The molecule has 0 aromatic heterocycles. The molecular weight excluding hydrogens is 172 g/mol. The minimum Gasteiger partial charge on any atom is -0.316 e. The molecule has 2 saturated heterocycles. The van der Waals surface area contributed by atoms with E-state index >= 15 is 0 Å². The Kier molecular flexibility index (Phi) is 2.10. The third-order valence-electron chi connectivity index (χ3n) is 4.68. The van der Waals surface area contributed by atoms with Crippen LogP contribution in [0.5, 0.6) is 0 Å². The quantitative estimate of drug-likeness (QED) is 0.680. The highest BCUT2D eigenvalue weighted by Crippen LogP contribution is 2.54. The van der Waals surface area contributed by atoms with Crippen LogP contribution in [0.3, 0.4) is 0 Å². The molecule has 0 aromatic rings. The zero-order chi connectivity index (χ0) is 9.60. The summed E-state index contributed by atoms with van der Waals surface area (Å²) < 4.78 is 0. The molecule has 0 bridgehead atoms. The molecule has 3 rings (SSSR count). The van der Waals surface area contributed by atoms with Crippen LogP contribution in [0.25, 0.3) is 0 Å². The number of hydrogen-bond donors (Lipinski definition) is 1. The molecule has 0 unspecified atom stereocenters. The molecule has 3 fully saturated rings. The van der Waals surface area contributed by atoms with Gasteiger partial charge in [0.25, 0.3) is 0 Å². The van der Waals surface area contributed by atoms with E-state index in [0.29, 0.717) is 0 Å². The molecule has 0 amide bonds. The van der Waals surface area contributed by atoms with E-state index in [1.807, 2.05) is 0 Å². The molecule has 1 N–H and O–H groups in total. The van der Waals surface area contributed by atoms with E-state index in [1.165, 1.54) is 51.9 Å². The topological polar surface area (TPSA) is 15.3 Å². The molecule has 2 heterocycles. The van der Waals surface area contributed by atoms with E-state index in [-0.39, 0.29) is 0 Å². The number of nitrogens with one attached hydrogen (secondary N) is 1. The first kappa shape index (κ1) is 9.17. The van der Waals surface area contributed by atoms with Crippen molar-refractivity contribution in [2.45, 2.75) is 38.6 Å². The van der Waals surface area contributed by atoms with E-state index in [2.05, 4.69) is 17.1 Å². The van der Waals surface area contributed by atoms with E-state index in [0.717, 1.165) is 17.4 Å². The van der Waals surface area contributed by atoms with Gasteiger partial charge in [-0.15, -0.1) is 0 Å². The number of piperidine rings is 1. The van der Waals surface area contributed by atoms with Gasteiger partial charge in [-0.1, -0.05) is 6.92 Å². The van der Waals surface area contributed by atoms with Crippen molar-refractivity contribution in [2.75, 3.05) is 26.2 Å². The molecule has 1 spiro atoms. The van der Waals surface area contributed by atoms with Gasteiger partial charge in [0.15, 0.2) is 0 Å². The lowest BCUT2D eigenvalue weighted by atomic mass is 9.98. The second kappa shape index (κ2) is 3.21. The van der Waals surface area contributed by atoms with Gasteiger partial charge < -0.3 is 5.32 Å². The van der Waals surface area contributed by atoms with Crippen LogP contribution in [-0.4, -0.2) is 37.1 Å². The highest BCUT2D eigenvalue weighted by Gasteiger charge is 2.57. The monoisotopic (exact) mass is 194 g/mol. The Hall–Kier alpha value is -0.0800. The summed E-state index contributed by atoms with van der Waals surface area (Å²) in [4.78, 5) is 2.77. The Labute approximate surface area is 87.0 Å². The van der Waals surface area contributed by atoms with E-state index in [4.69, 9.17) is 0 Å². The maximum Gasteiger partial charge on any atom is 0.0171 e. The lowest BCUT2D eigenvalue weighted by Gasteiger charge is -2.31. The predicted octanol–water partition coefficient (Wildman–Crippen LogP) is 1.47. The van der Waals surface area contributed by atoms with Crippen molar-refractivity contribution in [3.05, 3.63) is 0 Å². The molecule has 14 heavy (non-hydrogen) atoms. The van der Waals surface area contributed by atoms with Crippen molar-refractivity contribution in [2.24, 2.45) is 11.3 Å². The van der Waals surface area contributed by atoms with Crippen molar-refractivity contribution in [1.82, 2.24) is 10.2 Å². The third kappa shape index (κ3) is 1.40. The summed E-state index contributed by atoms with van der Waals surface area (Å²) in [5.41, 5.74) is 0.723. The van der Waals surface area contributed by atoms with Gasteiger partial charge in [0.05, 0.1) is 0 Å². The fourth-order valence-corrected chi connectivity index (χ4v) is 3.40. The van der Waals surface area contributed by atoms with Crippen molar-refractivity contribution < 1.29 is 0 Å². The number of rotatable bonds is 1. The molecule has 80 valence electrons.